The molecular weight excluding hydrogens is 387 g/mol. The highest BCUT2D eigenvalue weighted by Gasteiger charge is 2.23. The first-order valence-corrected chi connectivity index (χ1v) is 8.96. The molecule has 1 fully saturated rings. The number of hydrogen-bond acceptors (Lipinski definition) is 4. The monoisotopic (exact) mass is 418 g/mol. The van der Waals surface area contributed by atoms with Gasteiger partial charge in [-0.05, 0) is 18.4 Å². The minimum absolute atomic E-state index is 0. The molecule has 1 aliphatic rings. The van der Waals surface area contributed by atoms with E-state index >= 15 is 0 Å². The Hall–Kier alpha value is -1.34. The van der Waals surface area contributed by atoms with Gasteiger partial charge < -0.3 is 16.0 Å². The predicted octanol–water partition coefficient (Wildman–Crippen LogP) is 1.58. The summed E-state index contributed by atoms with van der Waals surface area (Å²) in [5.41, 5.74) is 8.35. The van der Waals surface area contributed by atoms with Gasteiger partial charge in [0.05, 0.1) is 12.6 Å². The number of rotatable bonds is 6. The second-order valence-corrected chi connectivity index (χ2v) is 7.13. The number of nitrogens with one attached hydrogen (secondary N) is 1. The molecule has 1 aromatic rings. The standard InChI is InChI=1S/C19H30N4O2.2ClH/c1-14(2)18(20)19(25)21-12-17(24)23-9-7-22(8-10-23)13-16-6-4-5-15(3)11-16;;/h4-6,11,14,18H,7-10,12-13,20H2,1-3H3,(H,21,25);2*1H/t18-;;/m0../s1. The maximum Gasteiger partial charge on any atom is 0.242 e. The van der Waals surface area contributed by atoms with E-state index in [1.807, 2.05) is 18.7 Å². The topological polar surface area (TPSA) is 78.7 Å². The highest BCUT2D eigenvalue weighted by molar-refractivity contribution is 5.87. The number of nitrogens with two attached hydrogens (primary N) is 1. The zero-order valence-corrected chi connectivity index (χ0v) is 17.9. The van der Waals surface area contributed by atoms with Gasteiger partial charge in [-0.3, -0.25) is 14.5 Å². The van der Waals surface area contributed by atoms with Crippen LogP contribution < -0.4 is 11.1 Å². The molecule has 2 amide bonds. The molecule has 0 aromatic heterocycles. The van der Waals surface area contributed by atoms with Crippen molar-refractivity contribution in [1.29, 1.82) is 0 Å². The van der Waals surface area contributed by atoms with E-state index in [9.17, 15) is 9.59 Å². The molecule has 3 N–H and O–H groups in total. The maximum absolute atomic E-state index is 12.3. The Morgan fingerprint density at radius 3 is 2.33 bits per heavy atom. The van der Waals surface area contributed by atoms with Crippen LogP contribution in [-0.2, 0) is 16.1 Å². The minimum atomic E-state index is -0.570. The Balaban J connectivity index is 0.00000338. The summed E-state index contributed by atoms with van der Waals surface area (Å²) < 4.78 is 0. The van der Waals surface area contributed by atoms with Crippen LogP contribution >= 0.6 is 24.8 Å². The van der Waals surface area contributed by atoms with E-state index in [1.165, 1.54) is 11.1 Å². The molecule has 0 bridgehead atoms. The zero-order chi connectivity index (χ0) is 18.4. The largest absolute Gasteiger partial charge is 0.346 e. The predicted molar refractivity (Wildman–Crippen MR) is 113 cm³/mol. The lowest BCUT2D eigenvalue weighted by atomic mass is 10.1. The number of carbonyl (C=O) groups is 2. The first-order chi connectivity index (χ1) is 11.9. The zero-order valence-electron chi connectivity index (χ0n) is 16.3. The normalized spacial score (nSPS) is 15.5. The fraction of sp³-hybridized carbons (Fsp3) is 0.579. The van der Waals surface area contributed by atoms with Gasteiger partial charge in [-0.1, -0.05) is 43.7 Å². The van der Waals surface area contributed by atoms with Crippen LogP contribution in [0.2, 0.25) is 0 Å². The molecule has 1 aromatic carbocycles. The number of nitrogens with zero attached hydrogens (tertiary/aromatic N) is 2. The number of carbonyl (C=O) groups excluding carboxylic acids is 2. The maximum atomic E-state index is 12.3. The van der Waals surface area contributed by atoms with Crippen molar-refractivity contribution in [3.63, 3.8) is 0 Å². The second kappa shape index (κ2) is 12.2. The van der Waals surface area contributed by atoms with E-state index in [2.05, 4.69) is 41.4 Å². The van der Waals surface area contributed by atoms with Gasteiger partial charge in [0.2, 0.25) is 11.8 Å². The molecule has 6 nitrogen and oxygen atoms in total. The van der Waals surface area contributed by atoms with E-state index in [0.717, 1.165) is 19.6 Å². The van der Waals surface area contributed by atoms with Gasteiger partial charge in [0, 0.05) is 32.7 Å². The highest BCUT2D eigenvalue weighted by Crippen LogP contribution is 2.10. The average Bonchev–Trinajstić information content (AvgIpc) is 2.59. The number of halogens is 2. The number of amides is 2. The van der Waals surface area contributed by atoms with Crippen LogP contribution in [0, 0.1) is 12.8 Å². The second-order valence-electron chi connectivity index (χ2n) is 7.13. The van der Waals surface area contributed by atoms with Gasteiger partial charge in [0.25, 0.3) is 0 Å². The first kappa shape index (κ1) is 25.7. The molecule has 0 unspecified atom stereocenters. The Kier molecular flexibility index (Phi) is 11.6. The fourth-order valence-electron chi connectivity index (χ4n) is 2.92. The summed E-state index contributed by atoms with van der Waals surface area (Å²) in [5.74, 6) is -0.249. The molecule has 0 spiro atoms. The minimum Gasteiger partial charge on any atom is -0.346 e. The lowest BCUT2D eigenvalue weighted by Crippen LogP contribution is -2.52. The van der Waals surface area contributed by atoms with Gasteiger partial charge in [0.1, 0.15) is 0 Å². The van der Waals surface area contributed by atoms with Crippen LogP contribution in [0.25, 0.3) is 0 Å². The molecular formula is C19H32Cl2N4O2. The van der Waals surface area contributed by atoms with Crippen LogP contribution in [-0.4, -0.2) is 60.4 Å². The van der Waals surface area contributed by atoms with Gasteiger partial charge in [-0.15, -0.1) is 24.8 Å². The van der Waals surface area contributed by atoms with Crippen LogP contribution in [0.4, 0.5) is 0 Å². The Morgan fingerprint density at radius 1 is 1.15 bits per heavy atom. The lowest BCUT2D eigenvalue weighted by molar-refractivity contribution is -0.134. The van der Waals surface area contributed by atoms with Gasteiger partial charge in [0.15, 0.2) is 0 Å². The van der Waals surface area contributed by atoms with Crippen molar-refractivity contribution in [2.75, 3.05) is 32.7 Å². The van der Waals surface area contributed by atoms with Crippen molar-refractivity contribution in [3.05, 3.63) is 35.4 Å². The summed E-state index contributed by atoms with van der Waals surface area (Å²) >= 11 is 0. The summed E-state index contributed by atoms with van der Waals surface area (Å²) in [6, 6.07) is 7.94. The molecule has 0 aliphatic carbocycles. The van der Waals surface area contributed by atoms with E-state index in [4.69, 9.17) is 5.73 Å². The molecule has 27 heavy (non-hydrogen) atoms. The van der Waals surface area contributed by atoms with Gasteiger partial charge in [-0.25, -0.2) is 0 Å². The molecule has 8 heteroatoms. The molecule has 1 heterocycles. The summed E-state index contributed by atoms with van der Waals surface area (Å²) in [4.78, 5) is 28.3. The van der Waals surface area contributed by atoms with Crippen molar-refractivity contribution in [3.8, 4) is 0 Å². The molecule has 2 rings (SSSR count). The van der Waals surface area contributed by atoms with Crippen LogP contribution in [0.15, 0.2) is 24.3 Å². The van der Waals surface area contributed by atoms with E-state index in [1.54, 1.807) is 0 Å². The first-order valence-electron chi connectivity index (χ1n) is 8.96. The van der Waals surface area contributed by atoms with E-state index in [0.29, 0.717) is 13.1 Å². The SMILES string of the molecule is Cc1cccc(CN2CCN(C(=O)CNC(=O)[C@@H](N)C(C)C)CC2)c1.Cl.Cl. The fourth-order valence-corrected chi connectivity index (χ4v) is 2.92. The Bertz CT molecular complexity index is 605. The number of aryl methyl sites for hydroxylation is 1. The summed E-state index contributed by atoms with van der Waals surface area (Å²) in [6.07, 6.45) is 0. The molecule has 1 saturated heterocycles. The Labute approximate surface area is 174 Å². The third kappa shape index (κ3) is 8.05. The highest BCUT2D eigenvalue weighted by atomic mass is 35.5. The van der Waals surface area contributed by atoms with Crippen LogP contribution in [0.5, 0.6) is 0 Å². The number of benzene rings is 1. The van der Waals surface area contributed by atoms with Crippen LogP contribution in [0.3, 0.4) is 0 Å². The summed E-state index contributed by atoms with van der Waals surface area (Å²) in [7, 11) is 0. The molecule has 154 valence electrons. The third-order valence-electron chi connectivity index (χ3n) is 4.65. The summed E-state index contributed by atoms with van der Waals surface area (Å²) in [5, 5.41) is 2.65. The average molecular weight is 419 g/mol. The van der Waals surface area contributed by atoms with Crippen molar-refractivity contribution < 1.29 is 9.59 Å². The quantitative estimate of drug-likeness (QED) is 0.734. The van der Waals surface area contributed by atoms with Crippen molar-refractivity contribution >= 4 is 36.6 Å². The van der Waals surface area contributed by atoms with Crippen LogP contribution in [0.1, 0.15) is 25.0 Å². The van der Waals surface area contributed by atoms with E-state index < -0.39 is 6.04 Å². The third-order valence-corrected chi connectivity index (χ3v) is 4.65. The molecule has 0 saturated carbocycles. The van der Waals surface area contributed by atoms with Crippen molar-refractivity contribution in [2.45, 2.75) is 33.4 Å². The van der Waals surface area contributed by atoms with Crippen molar-refractivity contribution in [1.82, 2.24) is 15.1 Å². The van der Waals surface area contributed by atoms with Crippen molar-refractivity contribution in [2.24, 2.45) is 11.7 Å². The molecule has 1 aliphatic heterocycles. The van der Waals surface area contributed by atoms with Gasteiger partial charge >= 0.3 is 0 Å². The van der Waals surface area contributed by atoms with Gasteiger partial charge in [-0.2, -0.15) is 0 Å². The Morgan fingerprint density at radius 2 is 1.78 bits per heavy atom. The lowest BCUT2D eigenvalue weighted by Gasteiger charge is -2.35. The molecule has 0 radical (unpaired) electrons. The number of hydrogen-bond donors (Lipinski definition) is 2. The number of piperazine rings is 1. The van der Waals surface area contributed by atoms with E-state index in [-0.39, 0.29) is 49.1 Å². The molecule has 1 atom stereocenters. The summed E-state index contributed by atoms with van der Waals surface area (Å²) in [6.45, 7) is 9.88. The smallest absolute Gasteiger partial charge is 0.242 e.